The second-order valence-corrected chi connectivity index (χ2v) is 4.80. The molecule has 0 bridgehead atoms. The summed E-state index contributed by atoms with van der Waals surface area (Å²) in [5.41, 5.74) is 0. The molecule has 1 rings (SSSR count). The van der Waals surface area contributed by atoms with E-state index in [1.807, 2.05) is 19.2 Å². The van der Waals surface area contributed by atoms with Crippen LogP contribution in [0.25, 0.3) is 0 Å². The Kier molecular flexibility index (Phi) is 5.39. The smallest absolute Gasteiger partial charge is 0.139 e. The maximum atomic E-state index is 6.06. The van der Waals surface area contributed by atoms with Crippen molar-refractivity contribution in [2.75, 3.05) is 13.6 Å². The minimum Gasteiger partial charge on any atom is -0.487 e. The van der Waals surface area contributed by atoms with E-state index in [0.717, 1.165) is 6.54 Å². The lowest BCUT2D eigenvalue weighted by molar-refractivity contribution is 0.151. The van der Waals surface area contributed by atoms with E-state index < -0.39 is 0 Å². The quantitative estimate of drug-likeness (QED) is 0.875. The summed E-state index contributed by atoms with van der Waals surface area (Å²) in [4.78, 5) is 0. The van der Waals surface area contributed by atoms with Crippen LogP contribution in [0.5, 0.6) is 5.75 Å². The lowest BCUT2D eigenvalue weighted by Crippen LogP contribution is -2.33. The molecule has 0 saturated carbocycles. The Morgan fingerprint density at radius 2 is 2.00 bits per heavy atom. The molecular weight excluding hydrogens is 245 g/mol. The molecule has 1 aromatic carbocycles. The van der Waals surface area contributed by atoms with Crippen molar-refractivity contribution in [1.29, 1.82) is 0 Å². The molecule has 0 aliphatic carbocycles. The van der Waals surface area contributed by atoms with Gasteiger partial charge in [-0.05, 0) is 25.1 Å². The first-order valence-corrected chi connectivity index (χ1v) is 6.07. The van der Waals surface area contributed by atoms with Gasteiger partial charge in [0.25, 0.3) is 0 Å². The lowest BCUT2D eigenvalue weighted by Gasteiger charge is -2.23. The third-order valence-corrected chi connectivity index (χ3v) is 3.14. The average Bonchev–Trinajstić information content (AvgIpc) is 2.23. The second-order valence-electron chi connectivity index (χ2n) is 4.01. The predicted molar refractivity (Wildman–Crippen MR) is 69.6 cm³/mol. The van der Waals surface area contributed by atoms with Crippen LogP contribution >= 0.6 is 23.2 Å². The molecule has 0 heterocycles. The zero-order valence-corrected chi connectivity index (χ0v) is 11.3. The van der Waals surface area contributed by atoms with Gasteiger partial charge in [0.2, 0.25) is 0 Å². The highest BCUT2D eigenvalue weighted by molar-refractivity contribution is 6.42. The average molecular weight is 262 g/mol. The minimum absolute atomic E-state index is 0.0842. The molecule has 0 fully saturated rings. The molecule has 0 radical (unpaired) electrons. The van der Waals surface area contributed by atoms with E-state index in [1.54, 1.807) is 6.07 Å². The summed E-state index contributed by atoms with van der Waals surface area (Å²) in [6, 6.07) is 5.42. The molecule has 0 spiro atoms. The summed E-state index contributed by atoms with van der Waals surface area (Å²) in [6.07, 6.45) is 0.0842. The third-order valence-electron chi connectivity index (χ3n) is 2.34. The van der Waals surface area contributed by atoms with Gasteiger partial charge in [-0.1, -0.05) is 43.1 Å². The number of nitrogens with one attached hydrogen (secondary N) is 1. The molecule has 4 heteroatoms. The molecule has 0 amide bonds. The Morgan fingerprint density at radius 1 is 1.31 bits per heavy atom. The van der Waals surface area contributed by atoms with Crippen molar-refractivity contribution < 1.29 is 4.74 Å². The van der Waals surface area contributed by atoms with Crippen molar-refractivity contribution >= 4 is 23.2 Å². The van der Waals surface area contributed by atoms with Gasteiger partial charge in [0.1, 0.15) is 16.9 Å². The van der Waals surface area contributed by atoms with Crippen molar-refractivity contribution in [3.05, 3.63) is 28.2 Å². The Morgan fingerprint density at radius 3 is 2.56 bits per heavy atom. The van der Waals surface area contributed by atoms with E-state index in [4.69, 9.17) is 27.9 Å². The van der Waals surface area contributed by atoms with E-state index >= 15 is 0 Å². The van der Waals surface area contributed by atoms with Gasteiger partial charge in [0.05, 0.1) is 5.02 Å². The highest BCUT2D eigenvalue weighted by Crippen LogP contribution is 2.32. The summed E-state index contributed by atoms with van der Waals surface area (Å²) in [6.45, 7) is 5.00. The monoisotopic (exact) mass is 261 g/mol. The number of likely N-dealkylation sites (N-methyl/N-ethyl adjacent to an activating group) is 1. The van der Waals surface area contributed by atoms with Gasteiger partial charge in [-0.2, -0.15) is 0 Å². The fourth-order valence-electron chi connectivity index (χ4n) is 1.35. The van der Waals surface area contributed by atoms with Crippen molar-refractivity contribution in [2.24, 2.45) is 5.92 Å². The Labute approximate surface area is 107 Å². The topological polar surface area (TPSA) is 21.3 Å². The Balaban J connectivity index is 2.81. The molecular formula is C12H17Cl2NO. The van der Waals surface area contributed by atoms with Gasteiger partial charge in [-0.3, -0.25) is 0 Å². The number of hydrogen-bond acceptors (Lipinski definition) is 2. The number of rotatable bonds is 5. The molecule has 2 nitrogen and oxygen atoms in total. The number of halogens is 2. The summed E-state index contributed by atoms with van der Waals surface area (Å²) in [5.74, 6) is 1.05. The van der Waals surface area contributed by atoms with E-state index in [2.05, 4.69) is 19.2 Å². The van der Waals surface area contributed by atoms with Gasteiger partial charge < -0.3 is 10.1 Å². The standard InChI is InChI=1S/C12H17Cl2NO/c1-8(2)11(7-15-3)16-10-6-4-5-9(13)12(10)14/h4-6,8,11,15H,7H2,1-3H3. The lowest BCUT2D eigenvalue weighted by atomic mass is 10.1. The minimum atomic E-state index is 0.0842. The zero-order chi connectivity index (χ0) is 12.1. The summed E-state index contributed by atoms with van der Waals surface area (Å²) < 4.78 is 5.85. The van der Waals surface area contributed by atoms with Crippen LogP contribution in [-0.2, 0) is 0 Å². The van der Waals surface area contributed by atoms with Crippen LogP contribution in [0.2, 0.25) is 10.0 Å². The molecule has 0 aliphatic heterocycles. The van der Waals surface area contributed by atoms with Crippen molar-refractivity contribution in [2.45, 2.75) is 20.0 Å². The highest BCUT2D eigenvalue weighted by atomic mass is 35.5. The summed E-state index contributed by atoms with van der Waals surface area (Å²) >= 11 is 12.0. The van der Waals surface area contributed by atoms with Crippen LogP contribution in [0, 0.1) is 5.92 Å². The first kappa shape index (κ1) is 13.6. The number of benzene rings is 1. The predicted octanol–water partition coefficient (Wildman–Crippen LogP) is 3.62. The molecule has 0 aromatic heterocycles. The number of hydrogen-bond donors (Lipinski definition) is 1. The Bertz CT molecular complexity index is 342. The van der Waals surface area contributed by atoms with Crippen LogP contribution in [0.3, 0.4) is 0 Å². The maximum Gasteiger partial charge on any atom is 0.139 e. The molecule has 0 aliphatic rings. The van der Waals surface area contributed by atoms with E-state index in [0.29, 0.717) is 21.7 Å². The normalized spacial score (nSPS) is 12.9. The fourth-order valence-corrected chi connectivity index (χ4v) is 1.69. The van der Waals surface area contributed by atoms with Crippen LogP contribution < -0.4 is 10.1 Å². The molecule has 16 heavy (non-hydrogen) atoms. The zero-order valence-electron chi connectivity index (χ0n) is 9.76. The van der Waals surface area contributed by atoms with Crippen LogP contribution in [0.15, 0.2) is 18.2 Å². The second kappa shape index (κ2) is 6.33. The van der Waals surface area contributed by atoms with E-state index in [9.17, 15) is 0 Å². The SMILES string of the molecule is CNCC(Oc1cccc(Cl)c1Cl)C(C)C. The third kappa shape index (κ3) is 3.55. The van der Waals surface area contributed by atoms with Crippen molar-refractivity contribution in [1.82, 2.24) is 5.32 Å². The van der Waals surface area contributed by atoms with Crippen molar-refractivity contribution in [3.8, 4) is 5.75 Å². The fraction of sp³-hybridized carbons (Fsp3) is 0.500. The Hall–Kier alpha value is -0.440. The first-order valence-electron chi connectivity index (χ1n) is 5.31. The summed E-state index contributed by atoms with van der Waals surface area (Å²) in [7, 11) is 1.90. The van der Waals surface area contributed by atoms with Gasteiger partial charge in [-0.25, -0.2) is 0 Å². The van der Waals surface area contributed by atoms with Gasteiger partial charge in [0, 0.05) is 6.54 Å². The van der Waals surface area contributed by atoms with Crippen LogP contribution in [-0.4, -0.2) is 19.7 Å². The summed E-state index contributed by atoms with van der Waals surface area (Å²) in [5, 5.41) is 4.10. The highest BCUT2D eigenvalue weighted by Gasteiger charge is 2.16. The molecule has 0 saturated heterocycles. The number of ether oxygens (including phenoxy) is 1. The van der Waals surface area contributed by atoms with Gasteiger partial charge in [0.15, 0.2) is 0 Å². The van der Waals surface area contributed by atoms with Crippen LogP contribution in [0.1, 0.15) is 13.8 Å². The van der Waals surface area contributed by atoms with Gasteiger partial charge in [-0.15, -0.1) is 0 Å². The molecule has 1 unspecified atom stereocenters. The molecule has 1 aromatic rings. The van der Waals surface area contributed by atoms with E-state index in [-0.39, 0.29) is 6.10 Å². The van der Waals surface area contributed by atoms with E-state index in [1.165, 1.54) is 0 Å². The maximum absolute atomic E-state index is 6.06. The van der Waals surface area contributed by atoms with Gasteiger partial charge >= 0.3 is 0 Å². The van der Waals surface area contributed by atoms with Crippen molar-refractivity contribution in [3.63, 3.8) is 0 Å². The van der Waals surface area contributed by atoms with Crippen LogP contribution in [0.4, 0.5) is 0 Å². The molecule has 1 atom stereocenters. The molecule has 1 N–H and O–H groups in total. The molecule has 90 valence electrons. The largest absolute Gasteiger partial charge is 0.487 e. The first-order chi connectivity index (χ1) is 7.56.